The lowest BCUT2D eigenvalue weighted by atomic mass is 9.93. The van der Waals surface area contributed by atoms with Crippen LogP contribution < -0.4 is 15.5 Å². The van der Waals surface area contributed by atoms with Gasteiger partial charge >= 0.3 is 6.03 Å². The number of hydrogen-bond donors (Lipinski definition) is 3. The number of carbonyl (C=O) groups is 1. The van der Waals surface area contributed by atoms with Gasteiger partial charge in [-0.3, -0.25) is 5.10 Å². The number of carbonyl (C=O) groups excluding carboxylic acids is 1. The van der Waals surface area contributed by atoms with Crippen LogP contribution in [0.2, 0.25) is 0 Å². The Morgan fingerprint density at radius 3 is 3.15 bits per heavy atom. The van der Waals surface area contributed by atoms with Crippen LogP contribution in [-0.4, -0.2) is 35.9 Å². The van der Waals surface area contributed by atoms with E-state index >= 15 is 0 Å². The van der Waals surface area contributed by atoms with Crippen molar-refractivity contribution in [2.75, 3.05) is 29.9 Å². The van der Waals surface area contributed by atoms with Gasteiger partial charge in [-0.25, -0.2) is 9.18 Å². The van der Waals surface area contributed by atoms with Crippen molar-refractivity contribution in [3.8, 4) is 6.07 Å². The maximum absolute atomic E-state index is 13.9. The summed E-state index contributed by atoms with van der Waals surface area (Å²) in [6, 6.07) is 6.37. The average Bonchev–Trinajstić information content (AvgIpc) is 3.10. The molecule has 3 N–H and O–H groups in total. The Kier molecular flexibility index (Phi) is 5.37. The van der Waals surface area contributed by atoms with E-state index in [-0.39, 0.29) is 17.5 Å². The number of nitrogens with zero attached hydrogens (tertiary/aromatic N) is 3. The Morgan fingerprint density at radius 1 is 1.54 bits per heavy atom. The van der Waals surface area contributed by atoms with E-state index in [4.69, 9.17) is 0 Å². The van der Waals surface area contributed by atoms with E-state index in [9.17, 15) is 14.4 Å². The second-order valence-electron chi connectivity index (χ2n) is 6.21. The van der Waals surface area contributed by atoms with Crippen LogP contribution in [0.1, 0.15) is 36.9 Å². The summed E-state index contributed by atoms with van der Waals surface area (Å²) < 4.78 is 13.9. The molecular formula is C18H21FN6O. The second kappa shape index (κ2) is 7.87. The van der Waals surface area contributed by atoms with Crippen molar-refractivity contribution in [1.29, 1.82) is 5.26 Å². The molecule has 1 aromatic heterocycles. The van der Waals surface area contributed by atoms with Crippen molar-refractivity contribution < 1.29 is 9.18 Å². The van der Waals surface area contributed by atoms with Gasteiger partial charge in [0.15, 0.2) is 0 Å². The lowest BCUT2D eigenvalue weighted by Crippen LogP contribution is -2.35. The maximum Gasteiger partial charge on any atom is 0.319 e. The minimum atomic E-state index is -0.507. The smallest absolute Gasteiger partial charge is 0.319 e. The molecule has 1 unspecified atom stereocenters. The molecule has 0 aliphatic carbocycles. The van der Waals surface area contributed by atoms with E-state index in [0.717, 1.165) is 25.1 Å². The summed E-state index contributed by atoms with van der Waals surface area (Å²) in [6.45, 7) is 3.75. The molecule has 1 atom stereocenters. The fourth-order valence-corrected chi connectivity index (χ4v) is 3.35. The number of nitrogens with one attached hydrogen (secondary N) is 3. The van der Waals surface area contributed by atoms with Crippen molar-refractivity contribution in [2.45, 2.75) is 25.7 Å². The first-order valence-electron chi connectivity index (χ1n) is 8.65. The molecule has 2 heterocycles. The quantitative estimate of drug-likeness (QED) is 0.785. The minimum Gasteiger partial charge on any atom is -0.370 e. The number of aromatic amines is 1. The normalized spacial score (nSPS) is 16.8. The number of urea groups is 1. The van der Waals surface area contributed by atoms with Crippen LogP contribution >= 0.6 is 0 Å². The van der Waals surface area contributed by atoms with E-state index < -0.39 is 5.82 Å². The van der Waals surface area contributed by atoms with Gasteiger partial charge in [0, 0.05) is 25.6 Å². The van der Waals surface area contributed by atoms with Crippen LogP contribution in [0.25, 0.3) is 0 Å². The molecule has 1 aromatic carbocycles. The van der Waals surface area contributed by atoms with E-state index in [2.05, 4.69) is 20.8 Å². The molecule has 2 aromatic rings. The fourth-order valence-electron chi connectivity index (χ4n) is 3.35. The van der Waals surface area contributed by atoms with Crippen LogP contribution in [0.5, 0.6) is 0 Å². The molecule has 1 aliphatic heterocycles. The largest absolute Gasteiger partial charge is 0.370 e. The maximum atomic E-state index is 13.9. The second-order valence-corrected chi connectivity index (χ2v) is 6.21. The molecule has 0 bridgehead atoms. The molecule has 3 rings (SSSR count). The number of hydrogen-bond acceptors (Lipinski definition) is 4. The zero-order valence-corrected chi connectivity index (χ0v) is 14.6. The first-order valence-corrected chi connectivity index (χ1v) is 8.65. The summed E-state index contributed by atoms with van der Waals surface area (Å²) in [5.74, 6) is -0.412. The van der Waals surface area contributed by atoms with Crippen molar-refractivity contribution in [2.24, 2.45) is 0 Å². The van der Waals surface area contributed by atoms with E-state index in [1.165, 1.54) is 6.07 Å². The van der Waals surface area contributed by atoms with Crippen LogP contribution in [0.3, 0.4) is 0 Å². The van der Waals surface area contributed by atoms with Crippen LogP contribution in [0.15, 0.2) is 24.4 Å². The number of nitriles is 1. The highest BCUT2D eigenvalue weighted by Crippen LogP contribution is 2.34. The van der Waals surface area contributed by atoms with Gasteiger partial charge < -0.3 is 15.5 Å². The van der Waals surface area contributed by atoms with Gasteiger partial charge in [-0.05, 0) is 31.9 Å². The summed E-state index contributed by atoms with van der Waals surface area (Å²) in [5.41, 5.74) is 2.16. The third kappa shape index (κ3) is 3.61. The van der Waals surface area contributed by atoms with Gasteiger partial charge in [0.25, 0.3) is 0 Å². The highest BCUT2D eigenvalue weighted by Gasteiger charge is 2.27. The standard InChI is InChI=1S/C18H21FN6O/c1-2-21-18(26)23-15-10-22-24-17(15)12-5-4-8-25(11-12)16-7-3-6-14(19)13(16)9-20/h3,6-7,10,12H,2,4-5,8,11H2,1H3,(H,22,24)(H2,21,23,26). The topological polar surface area (TPSA) is 96.8 Å². The third-order valence-corrected chi connectivity index (χ3v) is 4.53. The molecule has 1 fully saturated rings. The molecule has 26 heavy (non-hydrogen) atoms. The lowest BCUT2D eigenvalue weighted by Gasteiger charge is -2.34. The molecular weight excluding hydrogens is 335 g/mol. The highest BCUT2D eigenvalue weighted by molar-refractivity contribution is 5.89. The molecule has 1 saturated heterocycles. The summed E-state index contributed by atoms with van der Waals surface area (Å²) in [4.78, 5) is 13.8. The number of aromatic nitrogens is 2. The Morgan fingerprint density at radius 2 is 2.38 bits per heavy atom. The molecule has 2 amide bonds. The van der Waals surface area contributed by atoms with E-state index in [1.54, 1.807) is 18.3 Å². The van der Waals surface area contributed by atoms with Gasteiger partial charge in [0.2, 0.25) is 0 Å². The number of halogens is 1. The SMILES string of the molecule is CCNC(=O)Nc1cn[nH]c1C1CCCN(c2cccc(F)c2C#N)C1. The Hall–Kier alpha value is -3.08. The molecule has 8 heteroatoms. The number of amides is 2. The Balaban J connectivity index is 1.80. The number of H-pyrrole nitrogens is 1. The Bertz CT molecular complexity index is 827. The van der Waals surface area contributed by atoms with Crippen LogP contribution in [-0.2, 0) is 0 Å². The molecule has 136 valence electrons. The lowest BCUT2D eigenvalue weighted by molar-refractivity contribution is 0.252. The first kappa shape index (κ1) is 17.7. The van der Waals surface area contributed by atoms with Crippen LogP contribution in [0.4, 0.5) is 20.6 Å². The number of rotatable bonds is 4. The highest BCUT2D eigenvalue weighted by atomic mass is 19.1. The molecule has 0 spiro atoms. The van der Waals surface area contributed by atoms with Crippen LogP contribution in [0, 0.1) is 17.1 Å². The molecule has 0 radical (unpaired) electrons. The summed E-state index contributed by atoms with van der Waals surface area (Å²) in [6.07, 6.45) is 3.40. The van der Waals surface area contributed by atoms with Gasteiger partial charge in [0.05, 0.1) is 23.3 Å². The zero-order valence-electron chi connectivity index (χ0n) is 14.6. The minimum absolute atomic E-state index is 0.0680. The predicted molar refractivity (Wildman–Crippen MR) is 96.6 cm³/mol. The molecule has 1 aliphatic rings. The predicted octanol–water partition coefficient (Wildman–Crippen LogP) is 2.95. The number of piperidine rings is 1. The summed E-state index contributed by atoms with van der Waals surface area (Å²) in [5, 5.41) is 21.8. The summed E-state index contributed by atoms with van der Waals surface area (Å²) in [7, 11) is 0. The fraction of sp³-hybridized carbons (Fsp3) is 0.389. The van der Waals surface area contributed by atoms with E-state index in [0.29, 0.717) is 24.5 Å². The van der Waals surface area contributed by atoms with Crippen molar-refractivity contribution in [3.05, 3.63) is 41.5 Å². The van der Waals surface area contributed by atoms with Crippen molar-refractivity contribution in [1.82, 2.24) is 15.5 Å². The van der Waals surface area contributed by atoms with Gasteiger partial charge in [-0.1, -0.05) is 6.07 Å². The van der Waals surface area contributed by atoms with Crippen molar-refractivity contribution >= 4 is 17.4 Å². The number of anilines is 2. The van der Waals surface area contributed by atoms with Gasteiger partial charge in [-0.15, -0.1) is 0 Å². The average molecular weight is 356 g/mol. The zero-order chi connectivity index (χ0) is 18.5. The van der Waals surface area contributed by atoms with E-state index in [1.807, 2.05) is 17.9 Å². The van der Waals surface area contributed by atoms with Gasteiger partial charge in [0.1, 0.15) is 17.4 Å². The monoisotopic (exact) mass is 356 g/mol. The van der Waals surface area contributed by atoms with Crippen molar-refractivity contribution in [3.63, 3.8) is 0 Å². The third-order valence-electron chi connectivity index (χ3n) is 4.53. The summed E-state index contributed by atoms with van der Waals surface area (Å²) >= 11 is 0. The molecule has 0 saturated carbocycles. The first-order chi connectivity index (χ1) is 12.6. The number of benzene rings is 1. The molecule has 7 nitrogen and oxygen atoms in total. The Labute approximate surface area is 151 Å². The van der Waals surface area contributed by atoms with Gasteiger partial charge in [-0.2, -0.15) is 10.4 Å².